The van der Waals surface area contributed by atoms with E-state index >= 15 is 0 Å². The van der Waals surface area contributed by atoms with E-state index in [1.807, 2.05) is 13.8 Å². The molecule has 0 unspecified atom stereocenters. The molecule has 0 amide bonds. The molecule has 0 radical (unpaired) electrons. The van der Waals surface area contributed by atoms with Gasteiger partial charge in [-0.1, -0.05) is 11.6 Å². The molecule has 21 heavy (non-hydrogen) atoms. The van der Waals surface area contributed by atoms with Crippen LogP contribution in [0.2, 0.25) is 5.02 Å². The summed E-state index contributed by atoms with van der Waals surface area (Å²) < 4.78 is 29.4. The lowest BCUT2D eigenvalue weighted by Gasteiger charge is -2.15. The molecule has 5 nitrogen and oxygen atoms in total. The highest BCUT2D eigenvalue weighted by Crippen LogP contribution is 2.25. The molecule has 0 spiro atoms. The van der Waals surface area contributed by atoms with Crippen molar-refractivity contribution in [2.75, 3.05) is 25.6 Å². The molecule has 7 heteroatoms. The third-order valence-corrected chi connectivity index (χ3v) is 5.94. The Kier molecular flexibility index (Phi) is 6.93. The summed E-state index contributed by atoms with van der Waals surface area (Å²) in [5.41, 5.74) is 1.73. The van der Waals surface area contributed by atoms with Gasteiger partial charge in [-0.25, -0.2) is 8.42 Å². The average molecular weight is 337 g/mol. The quantitative estimate of drug-likeness (QED) is 0.751. The van der Waals surface area contributed by atoms with E-state index in [-0.39, 0.29) is 25.4 Å². The standard InChI is InChI=1S/C14H21ClO5S/c1-10-7-12(8-11(2)14(10)15)20-5-6-21(18,19)13(9-17)3-4-16/h7-8,13,16-17H,3-6,9H2,1-2H3/t13-/m0/s1. The fourth-order valence-corrected chi connectivity index (χ4v) is 3.41. The van der Waals surface area contributed by atoms with E-state index in [2.05, 4.69) is 0 Å². The maximum atomic E-state index is 12.0. The Morgan fingerprint density at radius 1 is 1.24 bits per heavy atom. The van der Waals surface area contributed by atoms with Gasteiger partial charge in [-0.3, -0.25) is 0 Å². The maximum absolute atomic E-state index is 12.0. The second-order valence-corrected chi connectivity index (χ2v) is 7.68. The van der Waals surface area contributed by atoms with Crippen LogP contribution in [-0.4, -0.2) is 49.5 Å². The summed E-state index contributed by atoms with van der Waals surface area (Å²) in [4.78, 5) is 0. The maximum Gasteiger partial charge on any atom is 0.158 e. The van der Waals surface area contributed by atoms with E-state index in [0.717, 1.165) is 11.1 Å². The first-order chi connectivity index (χ1) is 9.81. The number of aliphatic hydroxyl groups is 2. The minimum atomic E-state index is -3.49. The van der Waals surface area contributed by atoms with Gasteiger partial charge in [-0.05, 0) is 43.5 Å². The van der Waals surface area contributed by atoms with Crippen molar-refractivity contribution >= 4 is 21.4 Å². The molecule has 0 heterocycles. The Balaban J connectivity index is 2.64. The Hall–Kier alpha value is -0.820. The smallest absolute Gasteiger partial charge is 0.158 e. The number of ether oxygens (including phenoxy) is 1. The van der Waals surface area contributed by atoms with Crippen molar-refractivity contribution in [2.45, 2.75) is 25.5 Å². The zero-order chi connectivity index (χ0) is 16.0. The number of halogens is 1. The number of aryl methyl sites for hydroxylation is 2. The van der Waals surface area contributed by atoms with Crippen LogP contribution in [0.15, 0.2) is 12.1 Å². The molecule has 0 fully saturated rings. The highest BCUT2D eigenvalue weighted by Gasteiger charge is 2.24. The van der Waals surface area contributed by atoms with E-state index in [1.165, 1.54) is 0 Å². The van der Waals surface area contributed by atoms with Crippen LogP contribution < -0.4 is 4.74 Å². The SMILES string of the molecule is Cc1cc(OCCS(=O)(=O)[C@H](CO)CCO)cc(C)c1Cl. The summed E-state index contributed by atoms with van der Waals surface area (Å²) >= 11 is 6.05. The third-order valence-electron chi connectivity index (χ3n) is 3.21. The van der Waals surface area contributed by atoms with Crippen molar-refractivity contribution in [1.82, 2.24) is 0 Å². The Morgan fingerprint density at radius 2 is 1.81 bits per heavy atom. The van der Waals surface area contributed by atoms with Gasteiger partial charge >= 0.3 is 0 Å². The van der Waals surface area contributed by atoms with Gasteiger partial charge in [0.1, 0.15) is 12.4 Å². The molecule has 0 bridgehead atoms. The van der Waals surface area contributed by atoms with Gasteiger partial charge in [0.15, 0.2) is 9.84 Å². The second-order valence-electron chi connectivity index (χ2n) is 4.90. The van der Waals surface area contributed by atoms with Crippen LogP contribution in [0, 0.1) is 13.8 Å². The van der Waals surface area contributed by atoms with Gasteiger partial charge in [0, 0.05) is 11.6 Å². The van der Waals surface area contributed by atoms with Gasteiger partial charge in [-0.2, -0.15) is 0 Å². The van der Waals surface area contributed by atoms with Crippen molar-refractivity contribution in [2.24, 2.45) is 0 Å². The fourth-order valence-electron chi connectivity index (χ4n) is 1.96. The molecule has 1 aromatic carbocycles. The predicted molar refractivity (Wildman–Crippen MR) is 82.8 cm³/mol. The lowest BCUT2D eigenvalue weighted by Crippen LogP contribution is -2.30. The topological polar surface area (TPSA) is 83.8 Å². The Morgan fingerprint density at radius 3 is 2.29 bits per heavy atom. The van der Waals surface area contributed by atoms with Crippen LogP contribution in [0.25, 0.3) is 0 Å². The fraction of sp³-hybridized carbons (Fsp3) is 0.571. The molecule has 0 aliphatic rings. The predicted octanol–water partition coefficient (Wildman–Crippen LogP) is 1.49. The van der Waals surface area contributed by atoms with Crippen LogP contribution >= 0.6 is 11.6 Å². The van der Waals surface area contributed by atoms with E-state index < -0.39 is 21.7 Å². The first-order valence-electron chi connectivity index (χ1n) is 6.64. The van der Waals surface area contributed by atoms with Crippen molar-refractivity contribution in [3.05, 3.63) is 28.3 Å². The summed E-state index contributed by atoms with van der Waals surface area (Å²) in [5, 5.41) is 17.6. The Bertz CT molecular complexity index is 548. The highest BCUT2D eigenvalue weighted by atomic mass is 35.5. The van der Waals surface area contributed by atoms with E-state index in [4.69, 9.17) is 26.6 Å². The molecule has 0 saturated heterocycles. The van der Waals surface area contributed by atoms with Crippen molar-refractivity contribution < 1.29 is 23.4 Å². The molecule has 2 N–H and O–H groups in total. The van der Waals surface area contributed by atoms with Gasteiger partial charge in [0.2, 0.25) is 0 Å². The first-order valence-corrected chi connectivity index (χ1v) is 8.74. The molecule has 1 aromatic rings. The number of hydrogen-bond donors (Lipinski definition) is 2. The normalized spacial score (nSPS) is 13.2. The zero-order valence-electron chi connectivity index (χ0n) is 12.2. The number of rotatable bonds is 8. The van der Waals surface area contributed by atoms with Crippen molar-refractivity contribution in [3.8, 4) is 5.75 Å². The van der Waals surface area contributed by atoms with E-state index in [0.29, 0.717) is 10.8 Å². The molecular formula is C14H21ClO5S. The zero-order valence-corrected chi connectivity index (χ0v) is 13.7. The lowest BCUT2D eigenvalue weighted by molar-refractivity contribution is 0.243. The van der Waals surface area contributed by atoms with Crippen LogP contribution in [0.5, 0.6) is 5.75 Å². The molecule has 1 atom stereocenters. The van der Waals surface area contributed by atoms with Crippen LogP contribution in [-0.2, 0) is 9.84 Å². The number of benzene rings is 1. The van der Waals surface area contributed by atoms with E-state index in [1.54, 1.807) is 12.1 Å². The summed E-state index contributed by atoms with van der Waals surface area (Å²) in [7, 11) is -3.49. The molecule has 0 aromatic heterocycles. The summed E-state index contributed by atoms with van der Waals surface area (Å²) in [5.74, 6) is 0.353. The van der Waals surface area contributed by atoms with Crippen molar-refractivity contribution in [3.63, 3.8) is 0 Å². The van der Waals surface area contributed by atoms with E-state index in [9.17, 15) is 8.42 Å². The molecule has 120 valence electrons. The highest BCUT2D eigenvalue weighted by molar-refractivity contribution is 7.92. The summed E-state index contributed by atoms with van der Waals surface area (Å²) in [6, 6.07) is 3.50. The van der Waals surface area contributed by atoms with Gasteiger partial charge in [0.05, 0.1) is 17.6 Å². The summed E-state index contributed by atoms with van der Waals surface area (Å²) in [6.45, 7) is 2.91. The monoisotopic (exact) mass is 336 g/mol. The first kappa shape index (κ1) is 18.2. The molecule has 0 aliphatic carbocycles. The van der Waals surface area contributed by atoms with Crippen LogP contribution in [0.4, 0.5) is 0 Å². The number of hydrogen-bond acceptors (Lipinski definition) is 5. The van der Waals surface area contributed by atoms with Gasteiger partial charge in [0.25, 0.3) is 0 Å². The summed E-state index contributed by atoms with van der Waals surface area (Å²) in [6.07, 6.45) is 0.0258. The molecular weight excluding hydrogens is 316 g/mol. The van der Waals surface area contributed by atoms with Crippen molar-refractivity contribution in [1.29, 1.82) is 0 Å². The minimum absolute atomic E-state index is 0.00915. The average Bonchev–Trinajstić information content (AvgIpc) is 2.41. The molecule has 0 saturated carbocycles. The molecule has 0 aliphatic heterocycles. The number of sulfone groups is 1. The van der Waals surface area contributed by atoms with Crippen LogP contribution in [0.1, 0.15) is 17.5 Å². The molecule has 1 rings (SSSR count). The van der Waals surface area contributed by atoms with Crippen LogP contribution in [0.3, 0.4) is 0 Å². The van der Waals surface area contributed by atoms with Gasteiger partial charge in [-0.15, -0.1) is 0 Å². The minimum Gasteiger partial charge on any atom is -0.493 e. The largest absolute Gasteiger partial charge is 0.493 e. The number of aliphatic hydroxyl groups excluding tert-OH is 2. The second kappa shape index (κ2) is 7.98. The third kappa shape index (κ3) is 5.14. The lowest BCUT2D eigenvalue weighted by atomic mass is 10.1. The van der Waals surface area contributed by atoms with Gasteiger partial charge < -0.3 is 14.9 Å². The Labute approximate surface area is 130 Å².